The molecule has 0 aliphatic heterocycles. The van der Waals surface area contributed by atoms with Gasteiger partial charge in [0.1, 0.15) is 6.54 Å². The summed E-state index contributed by atoms with van der Waals surface area (Å²) in [6.07, 6.45) is 0. The number of ketones is 1. The smallest absolute Gasteiger partial charge is 0.328 e. The van der Waals surface area contributed by atoms with Crippen LogP contribution in [0.25, 0.3) is 11.0 Å². The van der Waals surface area contributed by atoms with Crippen molar-refractivity contribution in [2.75, 3.05) is 18.0 Å². The zero-order valence-corrected chi connectivity index (χ0v) is 17.8. The number of aromatic nitrogens is 2. The third-order valence-electron chi connectivity index (χ3n) is 4.89. The molecule has 0 fully saturated rings. The number of carbonyl (C=O) groups is 2. The number of aryl methyl sites for hydroxylation is 2. The summed E-state index contributed by atoms with van der Waals surface area (Å²) in [5, 5.41) is 0. The molecule has 0 amide bonds. The lowest BCUT2D eigenvalue weighted by Crippen LogP contribution is -2.36. The maximum Gasteiger partial charge on any atom is 0.328 e. The molecular formula is C20H21N3O6S. The maximum atomic E-state index is 13.4. The summed E-state index contributed by atoms with van der Waals surface area (Å²) in [4.78, 5) is 35.5. The largest absolute Gasteiger partial charge is 0.468 e. The molecule has 0 saturated heterocycles. The summed E-state index contributed by atoms with van der Waals surface area (Å²) in [6.45, 7) is 0.849. The predicted octanol–water partition coefficient (Wildman–Crippen LogP) is 1.45. The van der Waals surface area contributed by atoms with Crippen LogP contribution in [-0.4, -0.2) is 43.0 Å². The molecule has 2 aromatic carbocycles. The molecule has 158 valence electrons. The molecule has 0 aliphatic carbocycles. The van der Waals surface area contributed by atoms with Crippen LogP contribution in [0.3, 0.4) is 0 Å². The van der Waals surface area contributed by atoms with Gasteiger partial charge in [0, 0.05) is 19.7 Å². The van der Waals surface area contributed by atoms with Crippen molar-refractivity contribution in [2.45, 2.75) is 11.8 Å². The summed E-state index contributed by atoms with van der Waals surface area (Å²) in [5.41, 5.74) is 1.34. The molecule has 0 bridgehead atoms. The number of nitrogens with zero attached hydrogens (tertiary/aromatic N) is 3. The Morgan fingerprint density at radius 1 is 1.00 bits per heavy atom. The predicted molar refractivity (Wildman–Crippen MR) is 111 cm³/mol. The molecule has 3 rings (SSSR count). The van der Waals surface area contributed by atoms with Crippen LogP contribution in [0.2, 0.25) is 0 Å². The van der Waals surface area contributed by atoms with Crippen LogP contribution >= 0.6 is 0 Å². The van der Waals surface area contributed by atoms with E-state index >= 15 is 0 Å². The topological polar surface area (TPSA) is 108 Å². The Kier molecular flexibility index (Phi) is 5.53. The first-order valence-electron chi connectivity index (χ1n) is 8.94. The first-order valence-corrected chi connectivity index (χ1v) is 10.4. The van der Waals surface area contributed by atoms with Crippen LogP contribution in [0, 0.1) is 0 Å². The lowest BCUT2D eigenvalue weighted by molar-refractivity contribution is -0.138. The molecule has 0 aliphatic rings. The van der Waals surface area contributed by atoms with E-state index in [0.29, 0.717) is 16.6 Å². The highest BCUT2D eigenvalue weighted by molar-refractivity contribution is 7.92. The number of anilines is 1. The van der Waals surface area contributed by atoms with E-state index < -0.39 is 22.5 Å². The summed E-state index contributed by atoms with van der Waals surface area (Å²) in [5.74, 6) is -0.915. The second-order valence-corrected chi connectivity index (χ2v) is 8.60. The highest BCUT2D eigenvalue weighted by atomic mass is 32.2. The van der Waals surface area contributed by atoms with Crippen LogP contribution < -0.4 is 9.99 Å². The number of Topliss-reactive ketones (excluding diaryl/α,β-unsaturated/α-hetero) is 1. The van der Waals surface area contributed by atoms with Gasteiger partial charge in [0.05, 0.1) is 28.7 Å². The second-order valence-electron chi connectivity index (χ2n) is 6.74. The molecule has 9 nitrogen and oxygen atoms in total. The molecule has 0 atom stereocenters. The van der Waals surface area contributed by atoms with Crippen molar-refractivity contribution in [1.29, 1.82) is 0 Å². The van der Waals surface area contributed by atoms with Crippen molar-refractivity contribution in [3.05, 3.63) is 58.5 Å². The summed E-state index contributed by atoms with van der Waals surface area (Å²) >= 11 is 0. The number of hydrogen-bond donors (Lipinski definition) is 0. The zero-order valence-electron chi connectivity index (χ0n) is 16.9. The lowest BCUT2D eigenvalue weighted by Gasteiger charge is -2.23. The summed E-state index contributed by atoms with van der Waals surface area (Å²) in [7, 11) is 0.129. The number of imidazole rings is 1. The van der Waals surface area contributed by atoms with E-state index in [0.717, 1.165) is 11.4 Å². The molecule has 0 spiro atoms. The Morgan fingerprint density at radius 3 is 2.17 bits per heavy atom. The third kappa shape index (κ3) is 3.61. The van der Waals surface area contributed by atoms with Crippen molar-refractivity contribution in [2.24, 2.45) is 14.1 Å². The molecule has 1 heterocycles. The second kappa shape index (κ2) is 7.79. The van der Waals surface area contributed by atoms with Crippen molar-refractivity contribution < 1.29 is 22.7 Å². The van der Waals surface area contributed by atoms with Crippen LogP contribution in [-0.2, 0) is 33.7 Å². The monoisotopic (exact) mass is 431 g/mol. The quantitative estimate of drug-likeness (QED) is 0.432. The normalized spacial score (nSPS) is 11.5. The van der Waals surface area contributed by atoms with Crippen molar-refractivity contribution in [3.63, 3.8) is 0 Å². The van der Waals surface area contributed by atoms with Crippen LogP contribution in [0.5, 0.6) is 0 Å². The van der Waals surface area contributed by atoms with Gasteiger partial charge in [0.25, 0.3) is 10.0 Å². The van der Waals surface area contributed by atoms with Gasteiger partial charge < -0.3 is 4.74 Å². The van der Waals surface area contributed by atoms with Crippen molar-refractivity contribution in [1.82, 2.24) is 9.13 Å². The number of rotatable bonds is 6. The molecule has 3 aromatic rings. The van der Waals surface area contributed by atoms with Gasteiger partial charge in [0.15, 0.2) is 5.78 Å². The molecule has 1 aromatic heterocycles. The Labute approximate surface area is 173 Å². The minimum Gasteiger partial charge on any atom is -0.468 e. The van der Waals surface area contributed by atoms with E-state index in [1.54, 1.807) is 20.2 Å². The molecular weight excluding hydrogens is 410 g/mol. The molecule has 30 heavy (non-hydrogen) atoms. The summed E-state index contributed by atoms with van der Waals surface area (Å²) in [6, 6.07) is 10.2. The standard InChI is InChI=1S/C20H21N3O6S/c1-13(24)14-5-7-15(8-6-14)23(12-19(25)29-4)30(27,28)16-9-10-17-18(11-16)22(3)20(26)21(17)2/h5-11H,12H2,1-4H3. The van der Waals surface area contributed by atoms with Gasteiger partial charge in [-0.2, -0.15) is 0 Å². The fraction of sp³-hybridized carbons (Fsp3) is 0.250. The average molecular weight is 431 g/mol. The first kappa shape index (κ1) is 21.3. The number of carbonyl (C=O) groups excluding carboxylic acids is 2. The fourth-order valence-electron chi connectivity index (χ4n) is 3.13. The SMILES string of the molecule is COC(=O)CN(c1ccc(C(C)=O)cc1)S(=O)(=O)c1ccc2c(c1)n(C)c(=O)n2C. The Bertz CT molecular complexity index is 1300. The van der Waals surface area contributed by atoms with Gasteiger partial charge in [-0.05, 0) is 49.4 Å². The molecule has 10 heteroatoms. The molecule has 0 radical (unpaired) electrons. The number of benzene rings is 2. The minimum absolute atomic E-state index is 0.0873. The highest BCUT2D eigenvalue weighted by Gasteiger charge is 2.28. The Balaban J connectivity index is 2.15. The number of methoxy groups -OCH3 is 1. The lowest BCUT2D eigenvalue weighted by atomic mass is 10.1. The van der Waals surface area contributed by atoms with Gasteiger partial charge in [-0.1, -0.05) is 0 Å². The number of fused-ring (bicyclic) bond motifs is 1. The van der Waals surface area contributed by atoms with E-state index in [2.05, 4.69) is 4.74 Å². The summed E-state index contributed by atoms with van der Waals surface area (Å²) < 4.78 is 35.1. The van der Waals surface area contributed by atoms with E-state index in [4.69, 9.17) is 0 Å². The maximum absolute atomic E-state index is 13.4. The number of esters is 1. The van der Waals surface area contributed by atoms with Crippen LogP contribution in [0.1, 0.15) is 17.3 Å². The van der Waals surface area contributed by atoms with E-state index in [1.165, 1.54) is 52.5 Å². The van der Waals surface area contributed by atoms with E-state index in [1.807, 2.05) is 0 Å². The molecule has 0 saturated carbocycles. The van der Waals surface area contributed by atoms with Gasteiger partial charge >= 0.3 is 11.7 Å². The van der Waals surface area contributed by atoms with Gasteiger partial charge in [-0.15, -0.1) is 0 Å². The number of ether oxygens (including phenoxy) is 1. The third-order valence-corrected chi connectivity index (χ3v) is 6.66. The van der Waals surface area contributed by atoms with Gasteiger partial charge in [-0.3, -0.25) is 23.0 Å². The minimum atomic E-state index is -4.18. The van der Waals surface area contributed by atoms with Crippen LogP contribution in [0.4, 0.5) is 5.69 Å². The molecule has 0 N–H and O–H groups in total. The Morgan fingerprint density at radius 2 is 1.60 bits per heavy atom. The first-order chi connectivity index (χ1) is 14.1. The van der Waals surface area contributed by atoms with Gasteiger partial charge in [-0.25, -0.2) is 13.2 Å². The van der Waals surface area contributed by atoms with Crippen molar-refractivity contribution in [3.8, 4) is 0 Å². The zero-order chi connectivity index (χ0) is 22.2. The fourth-order valence-corrected chi connectivity index (χ4v) is 4.56. The number of sulfonamides is 1. The van der Waals surface area contributed by atoms with Crippen LogP contribution in [0.15, 0.2) is 52.2 Å². The number of hydrogen-bond acceptors (Lipinski definition) is 6. The van der Waals surface area contributed by atoms with Crippen molar-refractivity contribution >= 4 is 38.5 Å². The molecule has 0 unspecified atom stereocenters. The Hall–Kier alpha value is -3.40. The van der Waals surface area contributed by atoms with Gasteiger partial charge in [0.2, 0.25) is 0 Å². The van der Waals surface area contributed by atoms with E-state index in [9.17, 15) is 22.8 Å². The highest BCUT2D eigenvalue weighted by Crippen LogP contribution is 2.26. The average Bonchev–Trinajstić information content (AvgIpc) is 2.95. The van der Waals surface area contributed by atoms with E-state index in [-0.39, 0.29) is 22.1 Å².